The maximum Gasteiger partial charge on any atom is 0.142 e. The molecule has 0 saturated carbocycles. The molecule has 2 aromatic rings. The lowest BCUT2D eigenvalue weighted by Crippen LogP contribution is -2.28. The fourth-order valence-electron chi connectivity index (χ4n) is 2.24. The Labute approximate surface area is 107 Å². The molecule has 92 valence electrons. The monoisotopic (exact) mass is 240 g/mol. The smallest absolute Gasteiger partial charge is 0.142 e. The molecule has 3 nitrogen and oxygen atoms in total. The molecule has 3 rings (SSSR count). The molecule has 0 amide bonds. The second-order valence-corrected chi connectivity index (χ2v) is 4.70. The molecule has 0 fully saturated rings. The Hall–Kier alpha value is -2.03. The Bertz CT molecular complexity index is 580. The normalized spacial score (nSPS) is 14.0. The van der Waals surface area contributed by atoms with E-state index >= 15 is 0 Å². The zero-order valence-corrected chi connectivity index (χ0v) is 10.7. The van der Waals surface area contributed by atoms with E-state index in [1.54, 1.807) is 0 Å². The number of likely N-dealkylation sites (N-methyl/N-ethyl adjacent to an activating group) is 1. The molecule has 2 heterocycles. The second kappa shape index (κ2) is 4.33. The standard InChI is InChI=1S/C15H16N2O/c1-11-7-13(10-16-9-11)12-3-4-15-14(8-12)17(2)5-6-18-15/h3-4,7-10H,5-6H2,1-2H3. The molecular weight excluding hydrogens is 224 g/mol. The molecule has 0 saturated heterocycles. The van der Waals surface area contributed by atoms with Crippen molar-refractivity contribution in [2.75, 3.05) is 25.1 Å². The molecule has 0 N–H and O–H groups in total. The number of hydrogen-bond donors (Lipinski definition) is 0. The van der Waals surface area contributed by atoms with Crippen molar-refractivity contribution in [2.24, 2.45) is 0 Å². The maximum absolute atomic E-state index is 5.65. The van der Waals surface area contributed by atoms with Crippen molar-refractivity contribution >= 4 is 5.69 Å². The number of anilines is 1. The summed E-state index contributed by atoms with van der Waals surface area (Å²) in [5.41, 5.74) is 4.66. The topological polar surface area (TPSA) is 25.4 Å². The predicted octanol–water partition coefficient (Wildman–Crippen LogP) is 2.89. The van der Waals surface area contributed by atoms with E-state index in [0.29, 0.717) is 0 Å². The number of nitrogens with zero attached hydrogens (tertiary/aromatic N) is 2. The zero-order chi connectivity index (χ0) is 12.5. The van der Waals surface area contributed by atoms with Crippen LogP contribution in [0.5, 0.6) is 5.75 Å². The van der Waals surface area contributed by atoms with Gasteiger partial charge in [-0.2, -0.15) is 0 Å². The van der Waals surface area contributed by atoms with Gasteiger partial charge in [-0.3, -0.25) is 4.98 Å². The van der Waals surface area contributed by atoms with Crippen LogP contribution >= 0.6 is 0 Å². The van der Waals surface area contributed by atoms with Crippen LogP contribution in [0.15, 0.2) is 36.7 Å². The van der Waals surface area contributed by atoms with E-state index in [1.807, 2.05) is 18.5 Å². The van der Waals surface area contributed by atoms with Crippen LogP contribution in [0, 0.1) is 6.92 Å². The predicted molar refractivity (Wildman–Crippen MR) is 73.2 cm³/mol. The van der Waals surface area contributed by atoms with E-state index in [0.717, 1.165) is 30.2 Å². The fraction of sp³-hybridized carbons (Fsp3) is 0.267. The second-order valence-electron chi connectivity index (χ2n) is 4.70. The van der Waals surface area contributed by atoms with Gasteiger partial charge in [0.2, 0.25) is 0 Å². The van der Waals surface area contributed by atoms with Crippen molar-refractivity contribution in [3.8, 4) is 16.9 Å². The van der Waals surface area contributed by atoms with Gasteiger partial charge in [-0.15, -0.1) is 0 Å². The Morgan fingerprint density at radius 1 is 1.17 bits per heavy atom. The van der Waals surface area contributed by atoms with Crippen molar-refractivity contribution in [3.05, 3.63) is 42.2 Å². The Balaban J connectivity index is 2.06. The summed E-state index contributed by atoms with van der Waals surface area (Å²) < 4.78 is 5.65. The number of pyridine rings is 1. The first-order chi connectivity index (χ1) is 8.74. The maximum atomic E-state index is 5.65. The number of ether oxygens (including phenoxy) is 1. The zero-order valence-electron chi connectivity index (χ0n) is 10.7. The number of aryl methyl sites for hydroxylation is 1. The third-order valence-electron chi connectivity index (χ3n) is 3.26. The van der Waals surface area contributed by atoms with Gasteiger partial charge >= 0.3 is 0 Å². The van der Waals surface area contributed by atoms with Gasteiger partial charge < -0.3 is 9.64 Å². The first-order valence-electron chi connectivity index (χ1n) is 6.14. The first-order valence-corrected chi connectivity index (χ1v) is 6.14. The van der Waals surface area contributed by atoms with E-state index in [4.69, 9.17) is 4.74 Å². The summed E-state index contributed by atoms with van der Waals surface area (Å²) in [6.07, 6.45) is 3.77. The highest BCUT2D eigenvalue weighted by Crippen LogP contribution is 2.34. The summed E-state index contributed by atoms with van der Waals surface area (Å²) in [6.45, 7) is 3.75. The van der Waals surface area contributed by atoms with Crippen LogP contribution < -0.4 is 9.64 Å². The van der Waals surface area contributed by atoms with Crippen LogP contribution in [0.4, 0.5) is 5.69 Å². The fourth-order valence-corrected chi connectivity index (χ4v) is 2.24. The number of benzene rings is 1. The number of fused-ring (bicyclic) bond motifs is 1. The third kappa shape index (κ3) is 1.92. The lowest BCUT2D eigenvalue weighted by atomic mass is 10.0. The molecule has 18 heavy (non-hydrogen) atoms. The number of rotatable bonds is 1. The van der Waals surface area contributed by atoms with Gasteiger partial charge in [-0.1, -0.05) is 6.07 Å². The van der Waals surface area contributed by atoms with E-state index in [1.165, 1.54) is 11.1 Å². The molecule has 0 spiro atoms. The largest absolute Gasteiger partial charge is 0.490 e. The van der Waals surface area contributed by atoms with E-state index in [9.17, 15) is 0 Å². The van der Waals surface area contributed by atoms with Crippen molar-refractivity contribution in [2.45, 2.75) is 6.92 Å². The highest BCUT2D eigenvalue weighted by Gasteiger charge is 2.15. The highest BCUT2D eigenvalue weighted by molar-refractivity contribution is 5.72. The van der Waals surface area contributed by atoms with Crippen LogP contribution in [0.1, 0.15) is 5.56 Å². The summed E-state index contributed by atoms with van der Waals surface area (Å²) in [6, 6.07) is 8.46. The summed E-state index contributed by atoms with van der Waals surface area (Å²) in [5.74, 6) is 0.966. The quantitative estimate of drug-likeness (QED) is 0.766. The summed E-state index contributed by atoms with van der Waals surface area (Å²) in [7, 11) is 2.10. The molecule has 0 unspecified atom stereocenters. The molecular formula is C15H16N2O. The van der Waals surface area contributed by atoms with Crippen molar-refractivity contribution < 1.29 is 4.74 Å². The Kier molecular flexibility index (Phi) is 2.67. The van der Waals surface area contributed by atoms with Crippen LogP contribution in [0.3, 0.4) is 0 Å². The molecule has 0 aliphatic carbocycles. The minimum atomic E-state index is 0.759. The molecule has 0 bridgehead atoms. The number of hydrogen-bond acceptors (Lipinski definition) is 3. The summed E-state index contributed by atoms with van der Waals surface area (Å²) >= 11 is 0. The van der Waals surface area contributed by atoms with Gasteiger partial charge in [0.05, 0.1) is 12.2 Å². The van der Waals surface area contributed by atoms with E-state index < -0.39 is 0 Å². The average Bonchev–Trinajstić information content (AvgIpc) is 2.39. The van der Waals surface area contributed by atoms with Crippen LogP contribution in [0.2, 0.25) is 0 Å². The van der Waals surface area contributed by atoms with Gasteiger partial charge in [0, 0.05) is 25.0 Å². The minimum Gasteiger partial charge on any atom is -0.490 e. The summed E-state index contributed by atoms with van der Waals surface area (Å²) in [5, 5.41) is 0. The average molecular weight is 240 g/mol. The van der Waals surface area contributed by atoms with Gasteiger partial charge in [-0.05, 0) is 36.2 Å². The molecule has 0 radical (unpaired) electrons. The molecule has 3 heteroatoms. The van der Waals surface area contributed by atoms with Crippen LogP contribution in [0.25, 0.3) is 11.1 Å². The minimum absolute atomic E-state index is 0.759. The molecule has 1 aliphatic rings. The lowest BCUT2D eigenvalue weighted by molar-refractivity contribution is 0.311. The van der Waals surface area contributed by atoms with Gasteiger partial charge in [0.25, 0.3) is 0 Å². The first kappa shape index (κ1) is 11.1. The van der Waals surface area contributed by atoms with Crippen molar-refractivity contribution in [1.29, 1.82) is 0 Å². The van der Waals surface area contributed by atoms with Crippen LogP contribution in [-0.4, -0.2) is 25.2 Å². The molecule has 1 aromatic carbocycles. The van der Waals surface area contributed by atoms with E-state index in [2.05, 4.69) is 42.1 Å². The molecule has 1 aliphatic heterocycles. The Morgan fingerprint density at radius 2 is 2.06 bits per heavy atom. The number of aromatic nitrogens is 1. The SMILES string of the molecule is Cc1cncc(-c2ccc3c(c2)N(C)CCO3)c1. The highest BCUT2D eigenvalue weighted by atomic mass is 16.5. The van der Waals surface area contributed by atoms with Gasteiger partial charge in [0.15, 0.2) is 0 Å². The van der Waals surface area contributed by atoms with E-state index in [-0.39, 0.29) is 0 Å². The van der Waals surface area contributed by atoms with Crippen molar-refractivity contribution in [1.82, 2.24) is 4.98 Å². The third-order valence-corrected chi connectivity index (χ3v) is 3.26. The van der Waals surface area contributed by atoms with Crippen LogP contribution in [-0.2, 0) is 0 Å². The van der Waals surface area contributed by atoms with Gasteiger partial charge in [-0.25, -0.2) is 0 Å². The lowest BCUT2D eigenvalue weighted by Gasteiger charge is -2.28. The van der Waals surface area contributed by atoms with Crippen molar-refractivity contribution in [3.63, 3.8) is 0 Å². The molecule has 0 atom stereocenters. The summed E-state index contributed by atoms with van der Waals surface area (Å²) in [4.78, 5) is 6.47. The van der Waals surface area contributed by atoms with Gasteiger partial charge in [0.1, 0.15) is 12.4 Å². The molecule has 1 aromatic heterocycles. The Morgan fingerprint density at radius 3 is 2.89 bits per heavy atom.